The molecule has 260 valence electrons. The maximum Gasteiger partial charge on any atom is 0.0583 e. The first kappa shape index (κ1) is 32.3. The molecule has 0 unspecified atom stereocenters. The van der Waals surface area contributed by atoms with Gasteiger partial charge in [-0.2, -0.15) is 0 Å². The van der Waals surface area contributed by atoms with Crippen molar-refractivity contribution in [2.75, 3.05) is 9.80 Å². The topological polar surface area (TPSA) is 11.4 Å². The van der Waals surface area contributed by atoms with Crippen LogP contribution in [0.2, 0.25) is 0 Å². The summed E-state index contributed by atoms with van der Waals surface area (Å²) in [7, 11) is 0. The van der Waals surface area contributed by atoms with Crippen molar-refractivity contribution in [1.29, 1.82) is 0 Å². The van der Waals surface area contributed by atoms with E-state index in [0.29, 0.717) is 0 Å². The van der Waals surface area contributed by atoms with Crippen molar-refractivity contribution in [3.05, 3.63) is 224 Å². The minimum atomic E-state index is 1.06. The van der Waals surface area contributed by atoms with Crippen molar-refractivity contribution in [2.45, 2.75) is 0 Å². The lowest BCUT2D eigenvalue weighted by atomic mass is 10.0. The van der Waals surface area contributed by atoms with Crippen molar-refractivity contribution in [1.82, 2.24) is 4.57 Å². The average molecular weight is 704 g/mol. The van der Waals surface area contributed by atoms with Gasteiger partial charge in [0.15, 0.2) is 0 Å². The fourth-order valence-corrected chi connectivity index (χ4v) is 8.00. The molecule has 0 spiro atoms. The Labute approximate surface area is 321 Å². The summed E-state index contributed by atoms with van der Waals surface area (Å²) in [5.41, 5.74) is 12.3. The van der Waals surface area contributed by atoms with Gasteiger partial charge >= 0.3 is 0 Å². The Kier molecular flexibility index (Phi) is 8.16. The van der Waals surface area contributed by atoms with E-state index in [1.807, 2.05) is 0 Å². The van der Waals surface area contributed by atoms with Gasteiger partial charge in [-0.15, -0.1) is 0 Å². The fourth-order valence-electron chi connectivity index (χ4n) is 8.00. The number of nitrogens with zero attached hydrogens (tertiary/aromatic N) is 3. The highest BCUT2D eigenvalue weighted by atomic mass is 15.2. The number of hydrogen-bond donors (Lipinski definition) is 0. The third-order valence-corrected chi connectivity index (χ3v) is 10.5. The first-order valence-corrected chi connectivity index (χ1v) is 18.8. The molecule has 0 saturated carbocycles. The van der Waals surface area contributed by atoms with Gasteiger partial charge in [-0.1, -0.05) is 146 Å². The minimum absolute atomic E-state index is 1.06. The number of benzene rings is 9. The fraction of sp³-hybridized carbons (Fsp3) is 0. The quantitative estimate of drug-likeness (QED) is 0.156. The monoisotopic (exact) mass is 703 g/mol. The molecular formula is C52H37N3. The first-order chi connectivity index (χ1) is 27.3. The lowest BCUT2D eigenvalue weighted by Crippen LogP contribution is -2.14. The Bertz CT molecular complexity index is 2860. The molecule has 3 heteroatoms. The maximum atomic E-state index is 2.43. The largest absolute Gasteiger partial charge is 0.310 e. The van der Waals surface area contributed by atoms with Gasteiger partial charge in [0.05, 0.1) is 22.4 Å². The second kappa shape index (κ2) is 13.9. The standard InChI is InChI=1S/C52H37N3/c1-5-17-38(18-6-1)40-29-32-45(33-30-40)55-49-28-16-15-27-48(49)52-50(54(43-23-9-3-10-24-43)44-25-11-4-12-26-44)36-47(37-51(52)55)53(42-21-7-2-8-22-42)46-34-31-39-19-13-14-20-41(39)35-46/h1-37H. The van der Waals surface area contributed by atoms with Crippen LogP contribution in [0.5, 0.6) is 0 Å². The Morgan fingerprint density at radius 2 is 0.836 bits per heavy atom. The van der Waals surface area contributed by atoms with E-state index in [9.17, 15) is 0 Å². The summed E-state index contributed by atoms with van der Waals surface area (Å²) < 4.78 is 2.43. The Balaban J connectivity index is 1.31. The Hall–Kier alpha value is -7.36. The third kappa shape index (κ3) is 5.89. The van der Waals surface area contributed by atoms with E-state index in [2.05, 4.69) is 239 Å². The minimum Gasteiger partial charge on any atom is -0.310 e. The molecule has 0 aliphatic carbocycles. The zero-order valence-electron chi connectivity index (χ0n) is 30.2. The van der Waals surface area contributed by atoms with Gasteiger partial charge in [-0.05, 0) is 101 Å². The number of hydrogen-bond acceptors (Lipinski definition) is 2. The van der Waals surface area contributed by atoms with E-state index in [1.165, 1.54) is 32.7 Å². The maximum absolute atomic E-state index is 2.43. The van der Waals surface area contributed by atoms with E-state index in [0.717, 1.165) is 50.8 Å². The molecule has 0 aliphatic rings. The van der Waals surface area contributed by atoms with Crippen molar-refractivity contribution in [3.63, 3.8) is 0 Å². The summed E-state index contributed by atoms with van der Waals surface area (Å²) in [4.78, 5) is 4.80. The van der Waals surface area contributed by atoms with Crippen molar-refractivity contribution in [3.8, 4) is 16.8 Å². The Morgan fingerprint density at radius 3 is 1.49 bits per heavy atom. The molecule has 0 bridgehead atoms. The molecule has 0 radical (unpaired) electrons. The van der Waals surface area contributed by atoms with Crippen molar-refractivity contribution < 1.29 is 0 Å². The Morgan fingerprint density at radius 1 is 0.309 bits per heavy atom. The summed E-state index contributed by atoms with van der Waals surface area (Å²) in [5, 5.41) is 4.80. The smallest absolute Gasteiger partial charge is 0.0583 e. The van der Waals surface area contributed by atoms with Gasteiger partial charge < -0.3 is 14.4 Å². The van der Waals surface area contributed by atoms with Crippen LogP contribution in [0.25, 0.3) is 49.4 Å². The zero-order valence-corrected chi connectivity index (χ0v) is 30.2. The average Bonchev–Trinajstić information content (AvgIpc) is 3.60. The molecule has 1 aromatic heterocycles. The van der Waals surface area contributed by atoms with Crippen LogP contribution in [0.3, 0.4) is 0 Å². The van der Waals surface area contributed by atoms with Gasteiger partial charge in [0.1, 0.15) is 0 Å². The van der Waals surface area contributed by atoms with Crippen molar-refractivity contribution in [2.24, 2.45) is 0 Å². The zero-order chi connectivity index (χ0) is 36.6. The van der Waals surface area contributed by atoms with Gasteiger partial charge in [0.25, 0.3) is 0 Å². The van der Waals surface area contributed by atoms with E-state index < -0.39 is 0 Å². The molecule has 55 heavy (non-hydrogen) atoms. The van der Waals surface area contributed by atoms with Gasteiger partial charge in [0.2, 0.25) is 0 Å². The second-order valence-electron chi connectivity index (χ2n) is 13.8. The molecule has 9 aromatic carbocycles. The van der Waals surface area contributed by atoms with E-state index >= 15 is 0 Å². The third-order valence-electron chi connectivity index (χ3n) is 10.5. The summed E-state index contributed by atoms with van der Waals surface area (Å²) in [6, 6.07) is 80.7. The highest BCUT2D eigenvalue weighted by Crippen LogP contribution is 2.48. The van der Waals surface area contributed by atoms with Crippen LogP contribution in [0, 0.1) is 0 Å². The van der Waals surface area contributed by atoms with Crippen LogP contribution in [-0.2, 0) is 0 Å². The highest BCUT2D eigenvalue weighted by molar-refractivity contribution is 6.18. The summed E-state index contributed by atoms with van der Waals surface area (Å²) in [5.74, 6) is 0. The first-order valence-electron chi connectivity index (χ1n) is 18.8. The lowest BCUT2D eigenvalue weighted by molar-refractivity contribution is 1.17. The normalized spacial score (nSPS) is 11.3. The molecule has 0 amide bonds. The van der Waals surface area contributed by atoms with Crippen LogP contribution in [0.1, 0.15) is 0 Å². The summed E-state index contributed by atoms with van der Waals surface area (Å²) in [6.45, 7) is 0. The SMILES string of the molecule is c1ccc(-c2ccc(-n3c4ccccc4c4c(N(c5ccccc5)c5ccccc5)cc(N(c5ccccc5)c5ccc6ccccc6c5)cc43)cc2)cc1. The van der Waals surface area contributed by atoms with Crippen LogP contribution in [0.15, 0.2) is 224 Å². The predicted octanol–water partition coefficient (Wildman–Crippen LogP) is 14.5. The van der Waals surface area contributed by atoms with Crippen LogP contribution in [-0.4, -0.2) is 4.57 Å². The number of para-hydroxylation sites is 4. The molecule has 10 rings (SSSR count). The van der Waals surface area contributed by atoms with Crippen molar-refractivity contribution >= 4 is 66.7 Å². The molecule has 0 N–H and O–H groups in total. The molecule has 0 atom stereocenters. The molecule has 0 saturated heterocycles. The molecular weight excluding hydrogens is 667 g/mol. The van der Waals surface area contributed by atoms with Gasteiger partial charge in [0, 0.05) is 39.2 Å². The van der Waals surface area contributed by atoms with E-state index in [-0.39, 0.29) is 0 Å². The number of aromatic nitrogens is 1. The highest BCUT2D eigenvalue weighted by Gasteiger charge is 2.25. The summed E-state index contributed by atoms with van der Waals surface area (Å²) in [6.07, 6.45) is 0. The predicted molar refractivity (Wildman–Crippen MR) is 233 cm³/mol. The van der Waals surface area contributed by atoms with Gasteiger partial charge in [-0.3, -0.25) is 0 Å². The molecule has 3 nitrogen and oxygen atoms in total. The molecule has 0 fully saturated rings. The van der Waals surface area contributed by atoms with Crippen LogP contribution >= 0.6 is 0 Å². The van der Waals surface area contributed by atoms with E-state index in [4.69, 9.17) is 0 Å². The molecule has 1 heterocycles. The molecule has 0 aliphatic heterocycles. The lowest BCUT2D eigenvalue weighted by Gasteiger charge is -2.30. The van der Waals surface area contributed by atoms with Crippen LogP contribution < -0.4 is 9.80 Å². The summed E-state index contributed by atoms with van der Waals surface area (Å²) >= 11 is 0. The second-order valence-corrected chi connectivity index (χ2v) is 13.8. The number of fused-ring (bicyclic) bond motifs is 4. The van der Waals surface area contributed by atoms with Crippen LogP contribution in [0.4, 0.5) is 34.1 Å². The van der Waals surface area contributed by atoms with Gasteiger partial charge in [-0.25, -0.2) is 0 Å². The van der Waals surface area contributed by atoms with E-state index in [1.54, 1.807) is 0 Å². The number of rotatable bonds is 8. The molecule has 10 aromatic rings. The number of anilines is 6.